The lowest BCUT2D eigenvalue weighted by molar-refractivity contribution is 0.346. The van der Waals surface area contributed by atoms with Crippen molar-refractivity contribution in [1.82, 2.24) is 0 Å². The molecule has 52 valence electrons. The Morgan fingerprint density at radius 2 is 2.33 bits per heavy atom. The van der Waals surface area contributed by atoms with Crippen LogP contribution >= 0.6 is 0 Å². The van der Waals surface area contributed by atoms with Gasteiger partial charge in [0.15, 0.2) is 0 Å². The maximum Gasteiger partial charge on any atom is 0.0996 e. The fourth-order valence-corrected chi connectivity index (χ4v) is 0.780. The third kappa shape index (κ3) is 2.10. The van der Waals surface area contributed by atoms with Crippen LogP contribution in [-0.4, -0.2) is 18.2 Å². The predicted octanol–water partition coefficient (Wildman–Crippen LogP) is 1.32. The molecule has 3 nitrogen and oxygen atoms in total. The van der Waals surface area contributed by atoms with E-state index >= 15 is 0 Å². The first-order valence-electron chi connectivity index (χ1n) is 3.10. The molecule has 1 rings (SSSR count). The lowest BCUT2D eigenvalue weighted by Gasteiger charge is -2.11. The van der Waals surface area contributed by atoms with Gasteiger partial charge in [-0.15, -0.1) is 0 Å². The van der Waals surface area contributed by atoms with Gasteiger partial charge >= 0.3 is 0 Å². The summed E-state index contributed by atoms with van der Waals surface area (Å²) in [4.78, 5) is 10.1. The molecule has 0 amide bonds. The molecule has 0 saturated carbocycles. The molecule has 1 fully saturated rings. The van der Waals surface area contributed by atoms with Gasteiger partial charge in [0.25, 0.3) is 0 Å². The maximum atomic E-state index is 10.1. The monoisotopic (exact) mass is 129 g/mol. The zero-order valence-electron chi connectivity index (χ0n) is 5.76. The molecule has 0 N–H and O–H groups in total. The average Bonchev–Trinajstić information content (AvgIpc) is 2.50. The first kappa shape index (κ1) is 6.68. The Kier molecular flexibility index (Phi) is 1.53. The van der Waals surface area contributed by atoms with E-state index in [0.717, 1.165) is 13.0 Å². The molecule has 0 radical (unpaired) electrons. The summed E-state index contributed by atoms with van der Waals surface area (Å²) in [6.07, 6.45) is 1.06. The van der Waals surface area contributed by atoms with E-state index < -0.39 is 5.54 Å². The Bertz CT molecular complexity index is 118. The highest BCUT2D eigenvalue weighted by Crippen LogP contribution is 2.24. The second-order valence-corrected chi connectivity index (χ2v) is 3.06. The third-order valence-corrected chi connectivity index (χ3v) is 1.38. The van der Waals surface area contributed by atoms with Crippen LogP contribution in [0, 0.1) is 4.91 Å². The molecular weight excluding hydrogens is 118 g/mol. The van der Waals surface area contributed by atoms with Gasteiger partial charge < -0.3 is 4.74 Å². The minimum atomic E-state index is -0.429. The molecule has 3 heteroatoms. The summed E-state index contributed by atoms with van der Waals surface area (Å²) in [5, 5.41) is 2.97. The van der Waals surface area contributed by atoms with Crippen LogP contribution in [-0.2, 0) is 4.74 Å². The van der Waals surface area contributed by atoms with Crippen molar-refractivity contribution in [3.63, 3.8) is 0 Å². The first-order valence-corrected chi connectivity index (χ1v) is 3.10. The fraction of sp³-hybridized carbons (Fsp3) is 1.00. The molecule has 0 aliphatic carbocycles. The quantitative estimate of drug-likeness (QED) is 0.426. The fourth-order valence-electron chi connectivity index (χ4n) is 0.780. The van der Waals surface area contributed by atoms with Crippen molar-refractivity contribution in [1.29, 1.82) is 0 Å². The molecule has 0 spiro atoms. The van der Waals surface area contributed by atoms with Crippen LogP contribution in [0.5, 0.6) is 0 Å². The van der Waals surface area contributed by atoms with Gasteiger partial charge in [-0.25, -0.2) is 0 Å². The number of hydrogen-bond donors (Lipinski definition) is 0. The molecule has 1 aliphatic heterocycles. The first-order chi connectivity index (χ1) is 4.14. The molecule has 1 heterocycles. The van der Waals surface area contributed by atoms with Crippen LogP contribution in [0.3, 0.4) is 0 Å². The minimum absolute atomic E-state index is 0.303. The van der Waals surface area contributed by atoms with Crippen molar-refractivity contribution in [3.8, 4) is 0 Å². The topological polar surface area (TPSA) is 42.0 Å². The van der Waals surface area contributed by atoms with Gasteiger partial charge in [-0.2, -0.15) is 4.91 Å². The standard InChI is InChI=1S/C6H11NO2/c1-6(2,7-8)3-5-4-9-5/h5H,3-4H2,1-2H3. The highest BCUT2D eigenvalue weighted by atomic mass is 16.6. The third-order valence-electron chi connectivity index (χ3n) is 1.38. The van der Waals surface area contributed by atoms with Crippen LogP contribution < -0.4 is 0 Å². The summed E-state index contributed by atoms with van der Waals surface area (Å²) in [6.45, 7) is 4.45. The van der Waals surface area contributed by atoms with Gasteiger partial charge in [0, 0.05) is 6.42 Å². The van der Waals surface area contributed by atoms with E-state index in [-0.39, 0.29) is 0 Å². The zero-order chi connectivity index (χ0) is 6.91. The van der Waals surface area contributed by atoms with E-state index in [1.807, 2.05) is 13.8 Å². The minimum Gasteiger partial charge on any atom is -0.373 e. The molecule has 0 aromatic heterocycles. The van der Waals surface area contributed by atoms with Crippen molar-refractivity contribution in [2.45, 2.75) is 31.9 Å². The Morgan fingerprint density at radius 1 is 1.78 bits per heavy atom. The second-order valence-electron chi connectivity index (χ2n) is 3.06. The molecule has 1 aliphatic rings. The normalized spacial score (nSPS) is 25.8. The molecule has 0 aromatic rings. The second kappa shape index (κ2) is 2.06. The molecule has 9 heavy (non-hydrogen) atoms. The van der Waals surface area contributed by atoms with Crippen LogP contribution in [0.2, 0.25) is 0 Å². The van der Waals surface area contributed by atoms with E-state index in [1.54, 1.807) is 0 Å². The number of hydrogen-bond acceptors (Lipinski definition) is 3. The summed E-state index contributed by atoms with van der Waals surface area (Å²) in [5.74, 6) is 0. The Morgan fingerprint density at radius 3 is 2.67 bits per heavy atom. The van der Waals surface area contributed by atoms with Gasteiger partial charge in [0.1, 0.15) is 0 Å². The predicted molar refractivity (Wildman–Crippen MR) is 34.2 cm³/mol. The smallest absolute Gasteiger partial charge is 0.0996 e. The van der Waals surface area contributed by atoms with Crippen LogP contribution in [0.25, 0.3) is 0 Å². The molecule has 1 saturated heterocycles. The average molecular weight is 129 g/mol. The highest BCUT2D eigenvalue weighted by molar-refractivity contribution is 4.84. The molecule has 0 bridgehead atoms. The Hall–Kier alpha value is -0.440. The molecule has 1 unspecified atom stereocenters. The number of ether oxygens (including phenoxy) is 1. The number of nitrogens with zero attached hydrogens (tertiary/aromatic N) is 1. The Labute approximate surface area is 54.4 Å². The van der Waals surface area contributed by atoms with Crippen molar-refractivity contribution in [2.24, 2.45) is 5.18 Å². The van der Waals surface area contributed by atoms with Crippen LogP contribution in [0.15, 0.2) is 5.18 Å². The van der Waals surface area contributed by atoms with E-state index in [4.69, 9.17) is 4.74 Å². The van der Waals surface area contributed by atoms with Crippen molar-refractivity contribution >= 4 is 0 Å². The summed E-state index contributed by atoms with van der Waals surface area (Å²) in [7, 11) is 0. The van der Waals surface area contributed by atoms with E-state index in [0.29, 0.717) is 6.10 Å². The summed E-state index contributed by atoms with van der Waals surface area (Å²) in [5.41, 5.74) is -0.429. The maximum absolute atomic E-state index is 10.1. The van der Waals surface area contributed by atoms with Crippen molar-refractivity contribution in [2.75, 3.05) is 6.61 Å². The van der Waals surface area contributed by atoms with E-state index in [9.17, 15) is 4.91 Å². The highest BCUT2D eigenvalue weighted by Gasteiger charge is 2.31. The molecule has 0 aromatic carbocycles. The van der Waals surface area contributed by atoms with Gasteiger partial charge in [0.2, 0.25) is 0 Å². The SMILES string of the molecule is CC(C)(CC1CO1)N=O. The summed E-state index contributed by atoms with van der Waals surface area (Å²) >= 11 is 0. The zero-order valence-corrected chi connectivity index (χ0v) is 5.76. The van der Waals surface area contributed by atoms with Crippen LogP contribution in [0.1, 0.15) is 20.3 Å². The number of epoxide rings is 1. The van der Waals surface area contributed by atoms with Gasteiger partial charge in [0.05, 0.1) is 18.2 Å². The number of nitroso groups, excluding NO2 is 1. The molecular formula is C6H11NO2. The van der Waals surface area contributed by atoms with Crippen molar-refractivity contribution in [3.05, 3.63) is 4.91 Å². The number of rotatable bonds is 3. The van der Waals surface area contributed by atoms with E-state index in [2.05, 4.69) is 5.18 Å². The van der Waals surface area contributed by atoms with Gasteiger partial charge in [-0.05, 0) is 13.8 Å². The summed E-state index contributed by atoms with van der Waals surface area (Å²) in [6, 6.07) is 0. The Balaban J connectivity index is 2.29. The largest absolute Gasteiger partial charge is 0.373 e. The van der Waals surface area contributed by atoms with E-state index in [1.165, 1.54) is 0 Å². The molecule has 1 atom stereocenters. The van der Waals surface area contributed by atoms with Crippen LogP contribution in [0.4, 0.5) is 0 Å². The van der Waals surface area contributed by atoms with Gasteiger partial charge in [-0.3, -0.25) is 0 Å². The lowest BCUT2D eigenvalue weighted by Crippen LogP contribution is -2.18. The van der Waals surface area contributed by atoms with Gasteiger partial charge in [-0.1, -0.05) is 5.18 Å². The lowest BCUT2D eigenvalue weighted by atomic mass is 10.0. The van der Waals surface area contributed by atoms with Crippen molar-refractivity contribution < 1.29 is 4.74 Å². The summed E-state index contributed by atoms with van der Waals surface area (Å²) < 4.78 is 4.95.